The molecule has 1 fully saturated rings. The summed E-state index contributed by atoms with van der Waals surface area (Å²) >= 11 is 5.41. The number of likely N-dealkylation sites (tertiary alicyclic amines) is 1. The van der Waals surface area contributed by atoms with Crippen LogP contribution in [0.15, 0.2) is 11.6 Å². The lowest BCUT2D eigenvalue weighted by atomic mass is 10.1. The molecule has 0 amide bonds. The minimum atomic E-state index is -0.0997. The zero-order chi connectivity index (χ0) is 9.68. The molecule has 0 aromatic heterocycles. The summed E-state index contributed by atoms with van der Waals surface area (Å²) in [6, 6.07) is 0. The first-order valence-corrected chi connectivity index (χ1v) is 4.77. The van der Waals surface area contributed by atoms with E-state index in [4.69, 9.17) is 11.6 Å². The molecule has 0 aliphatic carbocycles. The topological polar surface area (TPSA) is 29.5 Å². The van der Waals surface area contributed by atoms with Crippen molar-refractivity contribution in [2.75, 3.05) is 26.7 Å². The van der Waals surface area contributed by atoms with Crippen LogP contribution >= 0.6 is 11.6 Å². The minimum absolute atomic E-state index is 0.0497. The molecule has 1 aliphatic rings. The van der Waals surface area contributed by atoms with Gasteiger partial charge in [0.2, 0.25) is 0 Å². The van der Waals surface area contributed by atoms with Gasteiger partial charge in [-0.2, -0.15) is 0 Å². The van der Waals surface area contributed by atoms with E-state index < -0.39 is 0 Å². The third kappa shape index (κ3) is 3.01. The molecule has 0 aromatic carbocycles. The maximum absolute atomic E-state index is 11.1. The second-order valence-electron chi connectivity index (χ2n) is 3.13. The van der Waals surface area contributed by atoms with Crippen LogP contribution < -0.4 is 0 Å². The van der Waals surface area contributed by atoms with Crippen LogP contribution in [0.1, 0.15) is 6.42 Å². The molecule has 1 aliphatic heterocycles. The molecule has 0 radical (unpaired) electrons. The Morgan fingerprint density at radius 3 is 3.15 bits per heavy atom. The van der Waals surface area contributed by atoms with Gasteiger partial charge in [0.1, 0.15) is 0 Å². The quantitative estimate of drug-likeness (QED) is 0.647. The van der Waals surface area contributed by atoms with Crippen molar-refractivity contribution >= 4 is 17.6 Å². The van der Waals surface area contributed by atoms with E-state index in [2.05, 4.69) is 9.64 Å². The Morgan fingerprint density at radius 2 is 2.54 bits per heavy atom. The first-order chi connectivity index (χ1) is 6.27. The van der Waals surface area contributed by atoms with E-state index in [1.165, 1.54) is 12.6 Å². The molecule has 3 nitrogen and oxygen atoms in total. The van der Waals surface area contributed by atoms with Crippen molar-refractivity contribution in [3.8, 4) is 0 Å². The standard InChI is InChI=1S/C9H14ClNO2/c1-13-9(12)8-3-6-11(7-8)5-2-4-10/h2,4,8H,3,5-7H2,1H3. The van der Waals surface area contributed by atoms with Crippen LogP contribution in [0.5, 0.6) is 0 Å². The summed E-state index contributed by atoms with van der Waals surface area (Å²) < 4.78 is 4.68. The van der Waals surface area contributed by atoms with E-state index in [9.17, 15) is 4.79 Å². The molecule has 4 heteroatoms. The van der Waals surface area contributed by atoms with Crippen molar-refractivity contribution in [1.29, 1.82) is 0 Å². The predicted octanol–water partition coefficient (Wildman–Crippen LogP) is 1.23. The number of carbonyl (C=O) groups is 1. The Hall–Kier alpha value is -0.540. The maximum atomic E-state index is 11.1. The van der Waals surface area contributed by atoms with Gasteiger partial charge in [0, 0.05) is 18.6 Å². The lowest BCUT2D eigenvalue weighted by molar-refractivity contribution is -0.144. The highest BCUT2D eigenvalue weighted by atomic mass is 35.5. The molecule has 0 N–H and O–H groups in total. The Bertz CT molecular complexity index is 206. The fourth-order valence-electron chi connectivity index (χ4n) is 1.55. The highest BCUT2D eigenvalue weighted by Gasteiger charge is 2.27. The Balaban J connectivity index is 2.31. The average molecular weight is 204 g/mol. The second-order valence-corrected chi connectivity index (χ2v) is 3.38. The molecular formula is C9H14ClNO2. The number of rotatable bonds is 3. The van der Waals surface area contributed by atoms with E-state index in [1.807, 2.05) is 6.08 Å². The number of carbonyl (C=O) groups excluding carboxylic acids is 1. The molecule has 1 atom stereocenters. The van der Waals surface area contributed by atoms with Crippen molar-refractivity contribution < 1.29 is 9.53 Å². The number of ether oxygens (including phenoxy) is 1. The van der Waals surface area contributed by atoms with Gasteiger partial charge in [-0.25, -0.2) is 0 Å². The number of halogens is 1. The molecule has 1 rings (SSSR count). The van der Waals surface area contributed by atoms with Crippen LogP contribution in [0.4, 0.5) is 0 Å². The summed E-state index contributed by atoms with van der Waals surface area (Å²) in [4.78, 5) is 13.3. The van der Waals surface area contributed by atoms with Gasteiger partial charge in [0.25, 0.3) is 0 Å². The smallest absolute Gasteiger partial charge is 0.310 e. The highest BCUT2D eigenvalue weighted by Crippen LogP contribution is 2.16. The molecule has 0 saturated carbocycles. The number of methoxy groups -OCH3 is 1. The number of hydrogen-bond acceptors (Lipinski definition) is 3. The second kappa shape index (κ2) is 5.25. The molecule has 1 unspecified atom stereocenters. The van der Waals surface area contributed by atoms with Crippen LogP contribution in [0.25, 0.3) is 0 Å². The van der Waals surface area contributed by atoms with Crippen LogP contribution in [-0.2, 0) is 9.53 Å². The Labute approximate surface area is 83.3 Å². The highest BCUT2D eigenvalue weighted by molar-refractivity contribution is 6.25. The van der Waals surface area contributed by atoms with Gasteiger partial charge in [-0.05, 0) is 13.0 Å². The van der Waals surface area contributed by atoms with Crippen molar-refractivity contribution in [1.82, 2.24) is 4.90 Å². The van der Waals surface area contributed by atoms with Gasteiger partial charge in [-0.3, -0.25) is 9.69 Å². The van der Waals surface area contributed by atoms with E-state index in [1.54, 1.807) is 0 Å². The molecule has 1 saturated heterocycles. The van der Waals surface area contributed by atoms with Gasteiger partial charge < -0.3 is 4.74 Å². The van der Waals surface area contributed by atoms with Gasteiger partial charge in [0.15, 0.2) is 0 Å². The Morgan fingerprint density at radius 1 is 1.77 bits per heavy atom. The molecule has 1 heterocycles. The average Bonchev–Trinajstić information content (AvgIpc) is 2.62. The normalized spacial score (nSPS) is 24.0. The summed E-state index contributed by atoms with van der Waals surface area (Å²) in [5.41, 5.74) is 1.51. The first-order valence-electron chi connectivity index (χ1n) is 4.33. The number of esters is 1. The summed E-state index contributed by atoms with van der Waals surface area (Å²) in [7, 11) is 1.43. The van der Waals surface area contributed by atoms with Crippen molar-refractivity contribution in [2.24, 2.45) is 5.92 Å². The van der Waals surface area contributed by atoms with E-state index >= 15 is 0 Å². The zero-order valence-corrected chi connectivity index (χ0v) is 8.46. The maximum Gasteiger partial charge on any atom is 0.310 e. The summed E-state index contributed by atoms with van der Waals surface area (Å²) in [6.45, 7) is 2.55. The monoisotopic (exact) mass is 203 g/mol. The molecule has 0 aromatic rings. The fourth-order valence-corrected chi connectivity index (χ4v) is 1.63. The van der Waals surface area contributed by atoms with Gasteiger partial charge in [0.05, 0.1) is 13.0 Å². The van der Waals surface area contributed by atoms with Crippen LogP contribution in [-0.4, -0.2) is 37.6 Å². The lowest BCUT2D eigenvalue weighted by Gasteiger charge is -2.11. The zero-order valence-electron chi connectivity index (χ0n) is 7.70. The van der Waals surface area contributed by atoms with Crippen molar-refractivity contribution in [3.63, 3.8) is 0 Å². The molecule has 13 heavy (non-hydrogen) atoms. The van der Waals surface area contributed by atoms with Crippen LogP contribution in [0, 0.1) is 5.92 Å². The first kappa shape index (κ1) is 10.5. The third-order valence-corrected chi connectivity index (χ3v) is 2.44. The van der Waals surface area contributed by atoms with E-state index in [0.29, 0.717) is 0 Å². The lowest BCUT2D eigenvalue weighted by Crippen LogP contribution is -2.23. The molecule has 0 bridgehead atoms. The largest absolute Gasteiger partial charge is 0.469 e. The van der Waals surface area contributed by atoms with E-state index in [0.717, 1.165) is 26.1 Å². The van der Waals surface area contributed by atoms with Crippen molar-refractivity contribution in [3.05, 3.63) is 11.6 Å². The van der Waals surface area contributed by atoms with E-state index in [-0.39, 0.29) is 11.9 Å². The summed E-state index contributed by atoms with van der Waals surface area (Å²) in [5.74, 6) is -0.0499. The van der Waals surface area contributed by atoms with Gasteiger partial charge in [-0.15, -0.1) is 0 Å². The van der Waals surface area contributed by atoms with Gasteiger partial charge in [-0.1, -0.05) is 17.7 Å². The fraction of sp³-hybridized carbons (Fsp3) is 0.667. The van der Waals surface area contributed by atoms with Gasteiger partial charge >= 0.3 is 5.97 Å². The predicted molar refractivity (Wildman–Crippen MR) is 51.6 cm³/mol. The molecular weight excluding hydrogens is 190 g/mol. The Kier molecular flexibility index (Phi) is 4.25. The van der Waals surface area contributed by atoms with Crippen molar-refractivity contribution in [2.45, 2.75) is 6.42 Å². The molecule has 0 spiro atoms. The molecule has 74 valence electrons. The van der Waals surface area contributed by atoms with Crippen LogP contribution in [0.2, 0.25) is 0 Å². The number of hydrogen-bond donors (Lipinski definition) is 0. The minimum Gasteiger partial charge on any atom is -0.469 e. The summed E-state index contributed by atoms with van der Waals surface area (Å²) in [5, 5.41) is 0. The SMILES string of the molecule is COC(=O)C1CCN(CC=CCl)C1. The third-order valence-electron chi connectivity index (χ3n) is 2.26. The van der Waals surface area contributed by atoms with Crippen LogP contribution in [0.3, 0.4) is 0 Å². The summed E-state index contributed by atoms with van der Waals surface area (Å²) in [6.07, 6.45) is 2.77. The number of nitrogens with zero attached hydrogens (tertiary/aromatic N) is 1.